The van der Waals surface area contributed by atoms with Gasteiger partial charge in [0.2, 0.25) is 0 Å². The van der Waals surface area contributed by atoms with Gasteiger partial charge in [-0.15, -0.1) is 0 Å². The van der Waals surface area contributed by atoms with E-state index < -0.39 is 0 Å². The molecule has 13 heavy (non-hydrogen) atoms. The molecule has 1 aliphatic heterocycles. The van der Waals surface area contributed by atoms with Gasteiger partial charge in [0.25, 0.3) is 0 Å². The third-order valence-corrected chi connectivity index (χ3v) is 2.46. The third kappa shape index (κ3) is 1.59. The van der Waals surface area contributed by atoms with E-state index in [-0.39, 0.29) is 6.10 Å². The minimum Gasteiger partial charge on any atom is -0.486 e. The van der Waals surface area contributed by atoms with Gasteiger partial charge >= 0.3 is 0 Å². The molecule has 1 aromatic carbocycles. The van der Waals surface area contributed by atoms with E-state index in [1.165, 1.54) is 11.1 Å². The zero-order chi connectivity index (χ0) is 9.26. The summed E-state index contributed by atoms with van der Waals surface area (Å²) in [6, 6.07) is 6.35. The first-order valence-electron chi connectivity index (χ1n) is 4.68. The zero-order valence-electron chi connectivity index (χ0n) is 7.92. The van der Waals surface area contributed by atoms with E-state index in [0.29, 0.717) is 0 Å². The third-order valence-electron chi connectivity index (χ3n) is 2.46. The summed E-state index contributed by atoms with van der Waals surface area (Å²) >= 11 is 0. The average molecular weight is 174 g/mol. The molecule has 1 aliphatic rings. The van der Waals surface area contributed by atoms with Gasteiger partial charge in [0.1, 0.15) is 11.9 Å². The summed E-state index contributed by atoms with van der Waals surface area (Å²) in [4.78, 5) is 0. The van der Waals surface area contributed by atoms with Gasteiger partial charge < -0.3 is 4.74 Å². The average Bonchev–Trinajstić information content (AvgIpc) is 2.17. The molecule has 0 bridgehead atoms. The second-order valence-electron chi connectivity index (χ2n) is 3.54. The van der Waals surface area contributed by atoms with Crippen LogP contribution >= 0.6 is 0 Å². The summed E-state index contributed by atoms with van der Waals surface area (Å²) in [6.07, 6.45) is 4.24. The highest BCUT2D eigenvalue weighted by Crippen LogP contribution is 2.28. The number of ether oxygens (including phenoxy) is 1. The Morgan fingerprint density at radius 2 is 2.38 bits per heavy atom. The van der Waals surface area contributed by atoms with E-state index >= 15 is 0 Å². The molecule has 1 nitrogen and oxygen atoms in total. The highest BCUT2D eigenvalue weighted by Gasteiger charge is 2.16. The van der Waals surface area contributed by atoms with E-state index in [9.17, 15) is 0 Å². The number of benzene rings is 1. The summed E-state index contributed by atoms with van der Waals surface area (Å²) < 4.78 is 5.72. The minimum absolute atomic E-state index is 0.204. The van der Waals surface area contributed by atoms with Crippen LogP contribution in [0.2, 0.25) is 0 Å². The van der Waals surface area contributed by atoms with Crippen molar-refractivity contribution in [1.82, 2.24) is 0 Å². The second kappa shape index (κ2) is 3.25. The van der Waals surface area contributed by atoms with Crippen LogP contribution in [0.3, 0.4) is 0 Å². The molecule has 0 saturated carbocycles. The Labute approximate surface area is 79.0 Å². The number of hydrogen-bond acceptors (Lipinski definition) is 1. The molecule has 0 aromatic heterocycles. The predicted octanol–water partition coefficient (Wildman–Crippen LogP) is 2.87. The molecule has 0 fully saturated rings. The van der Waals surface area contributed by atoms with Crippen LogP contribution in [0.4, 0.5) is 0 Å². The molecule has 0 saturated heterocycles. The lowest BCUT2D eigenvalue weighted by atomic mass is 10.0. The first-order chi connectivity index (χ1) is 6.29. The summed E-state index contributed by atoms with van der Waals surface area (Å²) in [5.74, 6) is 1.03. The van der Waals surface area contributed by atoms with Crippen molar-refractivity contribution in [3.8, 4) is 5.75 Å². The van der Waals surface area contributed by atoms with Crippen molar-refractivity contribution in [2.75, 3.05) is 0 Å². The zero-order valence-corrected chi connectivity index (χ0v) is 7.92. The highest BCUT2D eigenvalue weighted by atomic mass is 16.5. The monoisotopic (exact) mass is 174 g/mol. The van der Waals surface area contributed by atoms with E-state index in [0.717, 1.165) is 18.6 Å². The lowest BCUT2D eigenvalue weighted by molar-refractivity contribution is 0.219. The molecule has 2 rings (SSSR count). The summed E-state index contributed by atoms with van der Waals surface area (Å²) in [5, 5.41) is 0. The number of aryl methyl sites for hydroxylation is 2. The number of hydrogen-bond donors (Lipinski definition) is 0. The smallest absolute Gasteiger partial charge is 0.123 e. The molecule has 1 heterocycles. The van der Waals surface area contributed by atoms with Gasteiger partial charge in [0.05, 0.1) is 0 Å². The van der Waals surface area contributed by atoms with E-state index in [1.54, 1.807) is 0 Å². The Morgan fingerprint density at radius 3 is 3.15 bits per heavy atom. The molecule has 0 aliphatic carbocycles. The first kappa shape index (κ1) is 8.36. The lowest BCUT2D eigenvalue weighted by Crippen LogP contribution is -2.19. The van der Waals surface area contributed by atoms with Crippen molar-refractivity contribution < 1.29 is 4.74 Å². The Balaban J connectivity index is 2.31. The molecular weight excluding hydrogens is 160 g/mol. The standard InChI is InChI=1S/C12H14O/c1-3-11-6-5-10-8-9(2)4-7-12(10)13-11/h3-4,7-8,11H,1,5-6H2,2H3/t11-/m0/s1. The van der Waals surface area contributed by atoms with Crippen molar-refractivity contribution in [2.45, 2.75) is 25.9 Å². The Bertz CT molecular complexity index is 328. The molecule has 1 aromatic rings. The summed E-state index contributed by atoms with van der Waals surface area (Å²) in [7, 11) is 0. The molecule has 0 spiro atoms. The maximum absolute atomic E-state index is 5.72. The van der Waals surface area contributed by atoms with Gasteiger partial charge in [-0.1, -0.05) is 30.4 Å². The van der Waals surface area contributed by atoms with Crippen LogP contribution in [0.15, 0.2) is 30.9 Å². The molecule has 0 N–H and O–H groups in total. The molecule has 0 unspecified atom stereocenters. The van der Waals surface area contributed by atoms with Gasteiger partial charge in [0, 0.05) is 0 Å². The van der Waals surface area contributed by atoms with Crippen molar-refractivity contribution in [3.63, 3.8) is 0 Å². The normalized spacial score (nSPS) is 20.2. The van der Waals surface area contributed by atoms with Crippen LogP contribution in [0.25, 0.3) is 0 Å². The van der Waals surface area contributed by atoms with E-state index in [4.69, 9.17) is 4.74 Å². The summed E-state index contributed by atoms with van der Waals surface area (Å²) in [5.41, 5.74) is 2.64. The molecule has 1 heteroatoms. The molecule has 68 valence electrons. The molecule has 1 atom stereocenters. The van der Waals surface area contributed by atoms with Gasteiger partial charge in [-0.2, -0.15) is 0 Å². The van der Waals surface area contributed by atoms with Gasteiger partial charge in [-0.05, 0) is 31.4 Å². The largest absolute Gasteiger partial charge is 0.486 e. The molecule has 0 amide bonds. The second-order valence-corrected chi connectivity index (χ2v) is 3.54. The van der Waals surface area contributed by atoms with Crippen LogP contribution in [0.5, 0.6) is 5.75 Å². The van der Waals surface area contributed by atoms with Gasteiger partial charge in [-0.3, -0.25) is 0 Å². The Hall–Kier alpha value is -1.24. The van der Waals surface area contributed by atoms with Crippen LogP contribution < -0.4 is 4.74 Å². The van der Waals surface area contributed by atoms with Crippen molar-refractivity contribution in [1.29, 1.82) is 0 Å². The topological polar surface area (TPSA) is 9.23 Å². The van der Waals surface area contributed by atoms with Crippen LogP contribution in [0.1, 0.15) is 17.5 Å². The van der Waals surface area contributed by atoms with Crippen LogP contribution in [0, 0.1) is 6.92 Å². The van der Waals surface area contributed by atoms with Crippen LogP contribution in [-0.2, 0) is 6.42 Å². The number of fused-ring (bicyclic) bond motifs is 1. The predicted molar refractivity (Wildman–Crippen MR) is 54.1 cm³/mol. The maximum Gasteiger partial charge on any atom is 0.123 e. The SMILES string of the molecule is C=C[C@H]1CCc2cc(C)ccc2O1. The quantitative estimate of drug-likeness (QED) is 0.595. The van der Waals surface area contributed by atoms with Crippen LogP contribution in [-0.4, -0.2) is 6.10 Å². The fourth-order valence-corrected chi connectivity index (χ4v) is 1.70. The fraction of sp³-hybridized carbons (Fsp3) is 0.333. The Morgan fingerprint density at radius 1 is 1.54 bits per heavy atom. The minimum atomic E-state index is 0.204. The Kier molecular flexibility index (Phi) is 2.09. The van der Waals surface area contributed by atoms with Crippen molar-refractivity contribution in [3.05, 3.63) is 42.0 Å². The lowest BCUT2D eigenvalue weighted by Gasteiger charge is -2.23. The van der Waals surface area contributed by atoms with Crippen molar-refractivity contribution in [2.24, 2.45) is 0 Å². The van der Waals surface area contributed by atoms with E-state index in [1.807, 2.05) is 6.08 Å². The number of rotatable bonds is 1. The first-order valence-corrected chi connectivity index (χ1v) is 4.68. The fourth-order valence-electron chi connectivity index (χ4n) is 1.70. The molecular formula is C12H14O. The highest BCUT2D eigenvalue weighted by molar-refractivity contribution is 5.38. The maximum atomic E-state index is 5.72. The molecule has 0 radical (unpaired) electrons. The van der Waals surface area contributed by atoms with Gasteiger partial charge in [0.15, 0.2) is 0 Å². The summed E-state index contributed by atoms with van der Waals surface area (Å²) in [6.45, 7) is 5.86. The van der Waals surface area contributed by atoms with Gasteiger partial charge in [-0.25, -0.2) is 0 Å². The van der Waals surface area contributed by atoms with Crippen molar-refractivity contribution >= 4 is 0 Å². The van der Waals surface area contributed by atoms with E-state index in [2.05, 4.69) is 31.7 Å².